The van der Waals surface area contributed by atoms with Crippen LogP contribution in [0.15, 0.2) is 18.2 Å². The Kier molecular flexibility index (Phi) is 3.77. The Bertz CT molecular complexity index is 390. The fourth-order valence-electron chi connectivity index (χ4n) is 2.41. The summed E-state index contributed by atoms with van der Waals surface area (Å²) in [5, 5.41) is 3.38. The summed E-state index contributed by atoms with van der Waals surface area (Å²) < 4.78 is 26.5. The predicted molar refractivity (Wildman–Crippen MR) is 65.0 cm³/mol. The van der Waals surface area contributed by atoms with Gasteiger partial charge < -0.3 is 5.32 Å². The smallest absolute Gasteiger partial charge is 0.129 e. The van der Waals surface area contributed by atoms with Crippen LogP contribution in [0.5, 0.6) is 0 Å². The van der Waals surface area contributed by atoms with Gasteiger partial charge >= 0.3 is 0 Å². The van der Waals surface area contributed by atoms with Gasteiger partial charge in [-0.25, -0.2) is 8.78 Å². The fraction of sp³-hybridized carbons (Fsp3) is 0.571. The predicted octanol–water partition coefficient (Wildman–Crippen LogP) is 3.46. The summed E-state index contributed by atoms with van der Waals surface area (Å²) in [6.45, 7) is 5.12. The molecule has 0 heterocycles. The monoisotopic (exact) mass is 239 g/mol. The minimum atomic E-state index is -0.498. The Morgan fingerprint density at radius 2 is 2.06 bits per heavy atom. The molecule has 1 aliphatic carbocycles. The van der Waals surface area contributed by atoms with E-state index in [1.165, 1.54) is 6.07 Å². The maximum atomic E-state index is 13.6. The number of benzene rings is 1. The molecule has 2 rings (SSSR count). The normalized spacial score (nSPS) is 23.8. The quantitative estimate of drug-likeness (QED) is 0.848. The molecule has 0 amide bonds. The summed E-state index contributed by atoms with van der Waals surface area (Å²) in [6, 6.07) is 4.38. The van der Waals surface area contributed by atoms with E-state index >= 15 is 0 Å². The van der Waals surface area contributed by atoms with Crippen molar-refractivity contribution in [3.8, 4) is 0 Å². The van der Waals surface area contributed by atoms with Crippen molar-refractivity contribution in [3.63, 3.8) is 0 Å². The molecular weight excluding hydrogens is 220 g/mol. The van der Waals surface area contributed by atoms with Crippen molar-refractivity contribution in [2.45, 2.75) is 38.6 Å². The molecule has 1 N–H and O–H groups in total. The van der Waals surface area contributed by atoms with E-state index in [9.17, 15) is 8.78 Å². The number of hydrogen-bond acceptors (Lipinski definition) is 1. The maximum absolute atomic E-state index is 13.6. The summed E-state index contributed by atoms with van der Waals surface area (Å²) in [5.41, 5.74) is 0.674. The lowest BCUT2D eigenvalue weighted by Crippen LogP contribution is -2.37. The maximum Gasteiger partial charge on any atom is 0.129 e. The molecule has 1 aliphatic rings. The molecule has 2 atom stereocenters. The van der Waals surface area contributed by atoms with Crippen LogP contribution >= 0.6 is 0 Å². The summed E-state index contributed by atoms with van der Waals surface area (Å²) in [6.07, 6.45) is 2.13. The third kappa shape index (κ3) is 2.83. The van der Waals surface area contributed by atoms with Crippen LogP contribution in [0, 0.1) is 17.6 Å². The molecule has 1 nitrogen and oxygen atoms in total. The van der Waals surface area contributed by atoms with Crippen molar-refractivity contribution in [3.05, 3.63) is 35.4 Å². The second-order valence-electron chi connectivity index (χ2n) is 5.17. The van der Waals surface area contributed by atoms with Gasteiger partial charge in [0.05, 0.1) is 0 Å². The van der Waals surface area contributed by atoms with E-state index in [-0.39, 0.29) is 5.92 Å². The Labute approximate surface area is 101 Å². The van der Waals surface area contributed by atoms with Gasteiger partial charge in [-0.15, -0.1) is 0 Å². The molecule has 0 radical (unpaired) electrons. The van der Waals surface area contributed by atoms with Gasteiger partial charge in [-0.1, -0.05) is 19.9 Å². The van der Waals surface area contributed by atoms with Crippen molar-refractivity contribution in [2.75, 3.05) is 6.54 Å². The number of halogens is 2. The fourth-order valence-corrected chi connectivity index (χ4v) is 2.41. The van der Waals surface area contributed by atoms with Gasteiger partial charge in [0.2, 0.25) is 0 Å². The van der Waals surface area contributed by atoms with Crippen LogP contribution < -0.4 is 5.32 Å². The van der Waals surface area contributed by atoms with Crippen LogP contribution in [0.1, 0.15) is 38.2 Å². The molecular formula is C14H19F2N. The van der Waals surface area contributed by atoms with E-state index in [0.717, 1.165) is 25.5 Å². The van der Waals surface area contributed by atoms with Crippen LogP contribution in [-0.2, 0) is 0 Å². The zero-order chi connectivity index (χ0) is 12.4. The van der Waals surface area contributed by atoms with Crippen LogP contribution in [0.4, 0.5) is 8.78 Å². The molecule has 0 spiro atoms. The van der Waals surface area contributed by atoms with E-state index in [1.54, 1.807) is 6.07 Å². The van der Waals surface area contributed by atoms with Gasteiger partial charge in [0.15, 0.2) is 0 Å². The average Bonchev–Trinajstić information content (AvgIpc) is 2.20. The van der Waals surface area contributed by atoms with Crippen LogP contribution in [0.2, 0.25) is 0 Å². The topological polar surface area (TPSA) is 12.0 Å². The highest BCUT2D eigenvalue weighted by Crippen LogP contribution is 2.43. The van der Waals surface area contributed by atoms with Gasteiger partial charge in [0.1, 0.15) is 11.6 Å². The number of rotatable bonds is 4. The SMILES string of the molecule is CC(C)NCC1CCC1c1ccc(F)cc1F. The molecule has 1 aromatic carbocycles. The molecule has 0 aliphatic heterocycles. The molecule has 17 heavy (non-hydrogen) atoms. The summed E-state index contributed by atoms with van der Waals surface area (Å²) >= 11 is 0. The van der Waals surface area contributed by atoms with Gasteiger partial charge in [-0.3, -0.25) is 0 Å². The van der Waals surface area contributed by atoms with Crippen LogP contribution in [-0.4, -0.2) is 12.6 Å². The van der Waals surface area contributed by atoms with E-state index < -0.39 is 11.6 Å². The van der Waals surface area contributed by atoms with Crippen molar-refractivity contribution < 1.29 is 8.78 Å². The van der Waals surface area contributed by atoms with Gasteiger partial charge in [0, 0.05) is 12.1 Å². The van der Waals surface area contributed by atoms with Gasteiger partial charge in [-0.05, 0) is 42.9 Å². The average molecular weight is 239 g/mol. The zero-order valence-electron chi connectivity index (χ0n) is 10.3. The second kappa shape index (κ2) is 5.13. The Hall–Kier alpha value is -0.960. The summed E-state index contributed by atoms with van der Waals surface area (Å²) in [7, 11) is 0. The Morgan fingerprint density at radius 3 is 2.59 bits per heavy atom. The minimum absolute atomic E-state index is 0.252. The highest BCUT2D eigenvalue weighted by atomic mass is 19.1. The Morgan fingerprint density at radius 1 is 1.29 bits per heavy atom. The number of hydrogen-bond donors (Lipinski definition) is 1. The minimum Gasteiger partial charge on any atom is -0.314 e. The van der Waals surface area contributed by atoms with Gasteiger partial charge in [0.25, 0.3) is 0 Å². The largest absolute Gasteiger partial charge is 0.314 e. The third-order valence-corrected chi connectivity index (χ3v) is 3.57. The van der Waals surface area contributed by atoms with Crippen LogP contribution in [0.25, 0.3) is 0 Å². The van der Waals surface area contributed by atoms with Crippen molar-refractivity contribution in [2.24, 2.45) is 5.92 Å². The first-order valence-corrected chi connectivity index (χ1v) is 6.26. The lowest BCUT2D eigenvalue weighted by Gasteiger charge is -2.38. The molecule has 0 bridgehead atoms. The zero-order valence-corrected chi connectivity index (χ0v) is 10.3. The molecule has 1 aromatic rings. The van der Waals surface area contributed by atoms with E-state index in [4.69, 9.17) is 0 Å². The van der Waals surface area contributed by atoms with Crippen molar-refractivity contribution in [1.29, 1.82) is 0 Å². The first-order chi connectivity index (χ1) is 8.08. The van der Waals surface area contributed by atoms with E-state index in [0.29, 0.717) is 17.5 Å². The van der Waals surface area contributed by atoms with Gasteiger partial charge in [-0.2, -0.15) is 0 Å². The summed E-state index contributed by atoms with van der Waals surface area (Å²) in [4.78, 5) is 0. The first kappa shape index (κ1) is 12.5. The van der Waals surface area contributed by atoms with Crippen LogP contribution in [0.3, 0.4) is 0 Å². The highest BCUT2D eigenvalue weighted by Gasteiger charge is 2.33. The molecule has 0 saturated heterocycles. The number of nitrogens with one attached hydrogen (secondary N) is 1. The molecule has 1 saturated carbocycles. The molecule has 3 heteroatoms. The lowest BCUT2D eigenvalue weighted by atomic mass is 9.70. The molecule has 94 valence electrons. The Balaban J connectivity index is 2.02. The highest BCUT2D eigenvalue weighted by molar-refractivity contribution is 5.25. The molecule has 0 aromatic heterocycles. The van der Waals surface area contributed by atoms with E-state index in [1.807, 2.05) is 0 Å². The van der Waals surface area contributed by atoms with Crippen molar-refractivity contribution in [1.82, 2.24) is 5.32 Å². The molecule has 2 unspecified atom stereocenters. The standard InChI is InChI=1S/C14H19F2N/c1-9(2)17-8-10-3-5-12(10)13-6-4-11(15)7-14(13)16/h4,6-7,9-10,12,17H,3,5,8H2,1-2H3. The molecule has 1 fully saturated rings. The van der Waals surface area contributed by atoms with Crippen molar-refractivity contribution >= 4 is 0 Å². The third-order valence-electron chi connectivity index (χ3n) is 3.57. The first-order valence-electron chi connectivity index (χ1n) is 6.26. The van der Waals surface area contributed by atoms with E-state index in [2.05, 4.69) is 19.2 Å². The second-order valence-corrected chi connectivity index (χ2v) is 5.17. The lowest BCUT2D eigenvalue weighted by molar-refractivity contribution is 0.235. The summed E-state index contributed by atoms with van der Waals surface area (Å²) in [5.74, 6) is -0.161.